The first-order valence-electron chi connectivity index (χ1n) is 13.9. The molecule has 0 aromatic heterocycles. The van der Waals surface area contributed by atoms with Gasteiger partial charge in [-0.25, -0.2) is 14.5 Å². The normalized spacial score (nSPS) is 46.5. The van der Waals surface area contributed by atoms with Gasteiger partial charge in [0.1, 0.15) is 17.8 Å². The van der Waals surface area contributed by atoms with Crippen molar-refractivity contribution in [2.75, 3.05) is 0 Å². The Morgan fingerprint density at radius 3 is 2.43 bits per heavy atom. The highest BCUT2D eigenvalue weighted by Gasteiger charge is 2.64. The molecule has 7 nitrogen and oxygen atoms in total. The quantitative estimate of drug-likeness (QED) is 0.231. The number of cyclic esters (lactones) is 1. The topological polar surface area (TPSA) is 102 Å². The third kappa shape index (κ3) is 3.36. The van der Waals surface area contributed by atoms with Crippen LogP contribution in [0.3, 0.4) is 0 Å². The van der Waals surface area contributed by atoms with E-state index >= 15 is 0 Å². The maximum atomic E-state index is 12.5. The lowest BCUT2D eigenvalue weighted by Crippen LogP contribution is -2.48. The first-order valence-corrected chi connectivity index (χ1v) is 13.9. The number of hydrogen-bond acceptors (Lipinski definition) is 7. The lowest BCUT2D eigenvalue weighted by atomic mass is 9.52. The zero-order chi connectivity index (χ0) is 26.5. The highest BCUT2D eigenvalue weighted by Crippen LogP contribution is 2.70. The number of hydrogen-bond donors (Lipinski definition) is 2. The summed E-state index contributed by atoms with van der Waals surface area (Å²) in [6.07, 6.45) is 9.49. The van der Waals surface area contributed by atoms with E-state index in [0.29, 0.717) is 5.92 Å². The molecule has 37 heavy (non-hydrogen) atoms. The number of aliphatic hydroxyl groups is 1. The van der Waals surface area contributed by atoms with E-state index in [4.69, 9.17) is 14.4 Å². The van der Waals surface area contributed by atoms with Crippen molar-refractivity contribution in [2.24, 2.45) is 28.6 Å². The highest BCUT2D eigenvalue weighted by molar-refractivity contribution is 5.84. The van der Waals surface area contributed by atoms with Gasteiger partial charge in [0, 0.05) is 12.0 Å². The third-order valence-corrected chi connectivity index (χ3v) is 11.7. The lowest BCUT2D eigenvalue weighted by Gasteiger charge is -2.52. The Bertz CT molecular complexity index is 1140. The van der Waals surface area contributed by atoms with E-state index in [1.54, 1.807) is 13.0 Å². The minimum absolute atomic E-state index is 0.00576. The predicted octanol–water partition coefficient (Wildman–Crippen LogP) is 5.04. The molecule has 0 unspecified atom stereocenters. The van der Waals surface area contributed by atoms with E-state index in [9.17, 15) is 20.0 Å². The molecular formula is C30H40O7. The van der Waals surface area contributed by atoms with Crippen molar-refractivity contribution in [1.29, 1.82) is 0 Å². The fraction of sp³-hybridized carbons (Fsp3) is 0.733. The largest absolute Gasteiger partial charge is 0.460 e. The number of carbonyl (C=O) groups is 2. The average Bonchev–Trinajstić information content (AvgIpc) is 3.22. The molecule has 7 heteroatoms. The maximum absolute atomic E-state index is 12.5. The van der Waals surface area contributed by atoms with Crippen LogP contribution in [-0.2, 0) is 24.0 Å². The number of rotatable bonds is 2. The molecule has 8 atom stereocenters. The molecule has 2 aliphatic heterocycles. The SMILES string of the molecule is CC1(C)OC(=O)C=CC2=C1CCC1=C(CC[C@]3(C)[C@@H]([C@@H]4C[C@@H]5C[C@@H]4OC(=O)[C@]5(C)O)CC[C@@]13C)[C@@H]2OO. The molecule has 2 N–H and O–H groups in total. The first-order chi connectivity index (χ1) is 17.3. The molecule has 0 amide bonds. The Kier molecular flexibility index (Phi) is 5.49. The van der Waals surface area contributed by atoms with Crippen LogP contribution in [0.25, 0.3) is 0 Å². The zero-order valence-corrected chi connectivity index (χ0v) is 22.6. The summed E-state index contributed by atoms with van der Waals surface area (Å²) in [6.45, 7) is 10.2. The molecule has 4 aliphatic carbocycles. The number of esters is 2. The zero-order valence-electron chi connectivity index (χ0n) is 22.6. The highest BCUT2D eigenvalue weighted by atomic mass is 17.1. The Balaban J connectivity index is 1.37. The molecule has 2 bridgehead atoms. The monoisotopic (exact) mass is 512 g/mol. The second-order valence-electron chi connectivity index (χ2n) is 13.5. The van der Waals surface area contributed by atoms with Gasteiger partial charge in [-0.3, -0.25) is 5.26 Å². The summed E-state index contributed by atoms with van der Waals surface area (Å²) in [6, 6.07) is 0. The predicted molar refractivity (Wildman–Crippen MR) is 135 cm³/mol. The van der Waals surface area contributed by atoms with E-state index in [1.807, 2.05) is 13.8 Å². The van der Waals surface area contributed by atoms with Crippen molar-refractivity contribution in [3.63, 3.8) is 0 Å². The number of allylic oxidation sites excluding steroid dienone is 1. The number of carbonyl (C=O) groups excluding carboxylic acids is 2. The van der Waals surface area contributed by atoms with Gasteiger partial charge in [0.2, 0.25) is 0 Å². The van der Waals surface area contributed by atoms with Crippen LogP contribution in [0.2, 0.25) is 0 Å². The molecule has 0 aromatic carbocycles. The average molecular weight is 513 g/mol. The van der Waals surface area contributed by atoms with E-state index in [-0.39, 0.29) is 34.7 Å². The van der Waals surface area contributed by atoms with Crippen molar-refractivity contribution in [3.8, 4) is 0 Å². The summed E-state index contributed by atoms with van der Waals surface area (Å²) >= 11 is 0. The fourth-order valence-electron chi connectivity index (χ4n) is 9.40. The summed E-state index contributed by atoms with van der Waals surface area (Å²) in [5.74, 6) is -0.246. The molecule has 0 radical (unpaired) electrons. The smallest absolute Gasteiger partial charge is 0.338 e. The number of ether oxygens (including phenoxy) is 2. The van der Waals surface area contributed by atoms with Crippen LogP contribution in [0.1, 0.15) is 86.0 Å². The second kappa shape index (κ2) is 8.03. The van der Waals surface area contributed by atoms with Crippen molar-refractivity contribution in [3.05, 3.63) is 34.4 Å². The van der Waals surface area contributed by atoms with Gasteiger partial charge < -0.3 is 14.6 Å². The van der Waals surface area contributed by atoms with Crippen molar-refractivity contribution >= 4 is 11.9 Å². The summed E-state index contributed by atoms with van der Waals surface area (Å²) in [5, 5.41) is 21.0. The van der Waals surface area contributed by atoms with Gasteiger partial charge in [0.15, 0.2) is 5.60 Å². The van der Waals surface area contributed by atoms with Crippen LogP contribution in [0.4, 0.5) is 0 Å². The molecule has 6 aliphatic rings. The van der Waals surface area contributed by atoms with E-state index < -0.39 is 23.3 Å². The van der Waals surface area contributed by atoms with Gasteiger partial charge in [-0.2, -0.15) is 0 Å². The summed E-state index contributed by atoms with van der Waals surface area (Å²) in [5.41, 5.74) is 2.10. The maximum Gasteiger partial charge on any atom is 0.338 e. The standard InChI is InChI=1S/C30H40O7/c1-27(2)20-7-8-21-18(25(37-34)17(20)6-9-24(31)36-27)10-12-28(3)22(11-13-29(21,28)4)19-14-16-15-23(19)35-26(32)30(16,5)33/h6,9,16,19,22-23,25,33-34H,7-8,10-15H2,1-5H3/t16-,19+,22-,23+,25-,28-,29+,30-/m1/s1. The van der Waals surface area contributed by atoms with Gasteiger partial charge in [0.05, 0.1) is 0 Å². The molecule has 6 rings (SSSR count). The Morgan fingerprint density at radius 2 is 1.70 bits per heavy atom. The molecule has 0 aromatic rings. The fourth-order valence-corrected chi connectivity index (χ4v) is 9.40. The minimum Gasteiger partial charge on any atom is -0.460 e. The van der Waals surface area contributed by atoms with Crippen LogP contribution in [0.5, 0.6) is 0 Å². The van der Waals surface area contributed by atoms with E-state index in [2.05, 4.69) is 13.8 Å². The van der Waals surface area contributed by atoms with Crippen molar-refractivity contribution in [1.82, 2.24) is 0 Å². The van der Waals surface area contributed by atoms with E-state index in [1.165, 1.54) is 11.6 Å². The third-order valence-electron chi connectivity index (χ3n) is 11.7. The van der Waals surface area contributed by atoms with Crippen LogP contribution in [0, 0.1) is 28.6 Å². The Hall–Kier alpha value is -1.96. The molecule has 3 fully saturated rings. The second-order valence-corrected chi connectivity index (χ2v) is 13.5. The van der Waals surface area contributed by atoms with Gasteiger partial charge >= 0.3 is 11.9 Å². The van der Waals surface area contributed by atoms with Crippen LogP contribution in [0.15, 0.2) is 34.4 Å². The van der Waals surface area contributed by atoms with Gasteiger partial charge in [0.25, 0.3) is 0 Å². The molecule has 202 valence electrons. The minimum atomic E-state index is -1.39. The van der Waals surface area contributed by atoms with E-state index in [0.717, 1.165) is 68.1 Å². The number of fused-ring (bicyclic) bond motifs is 4. The molecule has 2 heterocycles. The van der Waals surface area contributed by atoms with Crippen LogP contribution < -0.4 is 0 Å². The van der Waals surface area contributed by atoms with Gasteiger partial charge in [-0.1, -0.05) is 19.4 Å². The lowest BCUT2D eigenvalue weighted by molar-refractivity contribution is -0.260. The van der Waals surface area contributed by atoms with Crippen molar-refractivity contribution < 1.29 is 34.3 Å². The summed E-state index contributed by atoms with van der Waals surface area (Å²) in [4.78, 5) is 30.0. The van der Waals surface area contributed by atoms with Crippen LogP contribution >= 0.6 is 0 Å². The molecule has 2 saturated carbocycles. The van der Waals surface area contributed by atoms with Crippen LogP contribution in [-0.4, -0.2) is 45.7 Å². The Morgan fingerprint density at radius 1 is 0.973 bits per heavy atom. The first kappa shape index (κ1) is 25.3. The molecular weight excluding hydrogens is 472 g/mol. The van der Waals surface area contributed by atoms with Crippen molar-refractivity contribution in [2.45, 2.75) is 109 Å². The van der Waals surface area contributed by atoms with Gasteiger partial charge in [-0.05, 0) is 118 Å². The summed E-state index contributed by atoms with van der Waals surface area (Å²) < 4.78 is 11.6. The Labute approximate surface area is 218 Å². The van der Waals surface area contributed by atoms with Gasteiger partial charge in [-0.15, -0.1) is 0 Å². The summed E-state index contributed by atoms with van der Waals surface area (Å²) in [7, 11) is 0. The molecule has 1 saturated heterocycles. The molecule has 0 spiro atoms.